The highest BCUT2D eigenvalue weighted by atomic mass is 16.6. The van der Waals surface area contributed by atoms with Gasteiger partial charge in [0.25, 0.3) is 0 Å². The lowest BCUT2D eigenvalue weighted by atomic mass is 9.95. The molecule has 136 valence electrons. The van der Waals surface area contributed by atoms with Crippen LogP contribution in [0.4, 0.5) is 0 Å². The predicted octanol–water partition coefficient (Wildman–Crippen LogP) is 4.78. The molecule has 0 saturated carbocycles. The van der Waals surface area contributed by atoms with E-state index < -0.39 is 6.10 Å². The maximum absolute atomic E-state index is 11.6. The molecular formula is C21H34O3. The van der Waals surface area contributed by atoms with Crippen LogP contribution in [0.5, 0.6) is 0 Å². The second-order valence-corrected chi connectivity index (χ2v) is 6.79. The zero-order valence-electron chi connectivity index (χ0n) is 15.3. The minimum Gasteiger partial charge on any atom is -0.460 e. The Morgan fingerprint density at radius 1 is 1.04 bits per heavy atom. The van der Waals surface area contributed by atoms with Crippen LogP contribution in [-0.4, -0.2) is 23.3 Å². The van der Waals surface area contributed by atoms with E-state index >= 15 is 0 Å². The molecule has 0 amide bonds. The molecule has 1 saturated heterocycles. The van der Waals surface area contributed by atoms with E-state index in [9.17, 15) is 9.90 Å². The lowest BCUT2D eigenvalue weighted by Crippen LogP contribution is -2.24. The van der Waals surface area contributed by atoms with E-state index in [1.165, 1.54) is 25.7 Å². The van der Waals surface area contributed by atoms with E-state index in [1.54, 1.807) is 6.92 Å². The summed E-state index contributed by atoms with van der Waals surface area (Å²) in [5.41, 5.74) is 0. The second-order valence-electron chi connectivity index (χ2n) is 6.79. The van der Waals surface area contributed by atoms with Gasteiger partial charge in [-0.25, -0.2) is 0 Å². The molecule has 3 nitrogen and oxygen atoms in total. The van der Waals surface area contributed by atoms with Crippen LogP contribution in [0.3, 0.4) is 0 Å². The number of esters is 1. The average Bonchev–Trinajstić information content (AvgIpc) is 2.81. The summed E-state index contributed by atoms with van der Waals surface area (Å²) in [7, 11) is 0. The molecule has 3 heteroatoms. The number of rotatable bonds is 12. The molecule has 0 unspecified atom stereocenters. The SMILES string of the molecule is C=CCCCCCCC#CCCCCCC[C@H]1C(=O)O[C@H](C)[C@H]1O. The van der Waals surface area contributed by atoms with Crippen LogP contribution in [0.25, 0.3) is 0 Å². The summed E-state index contributed by atoms with van der Waals surface area (Å²) in [5.74, 6) is 5.98. The van der Waals surface area contributed by atoms with E-state index in [0.717, 1.165) is 51.4 Å². The Morgan fingerprint density at radius 2 is 1.62 bits per heavy atom. The van der Waals surface area contributed by atoms with Gasteiger partial charge in [0.2, 0.25) is 0 Å². The number of carbonyl (C=O) groups is 1. The quantitative estimate of drug-likeness (QED) is 0.242. The van der Waals surface area contributed by atoms with Crippen molar-refractivity contribution in [2.75, 3.05) is 0 Å². The van der Waals surface area contributed by atoms with Gasteiger partial charge in [-0.2, -0.15) is 0 Å². The number of carbonyl (C=O) groups excluding carboxylic acids is 1. The Bertz CT molecular complexity index is 419. The van der Waals surface area contributed by atoms with Crippen molar-refractivity contribution in [2.45, 2.75) is 96.2 Å². The Morgan fingerprint density at radius 3 is 2.17 bits per heavy atom. The summed E-state index contributed by atoms with van der Waals surface area (Å²) in [6.07, 6.45) is 14.2. The predicted molar refractivity (Wildman–Crippen MR) is 98.4 cm³/mol. The molecule has 0 radical (unpaired) electrons. The molecule has 1 fully saturated rings. The van der Waals surface area contributed by atoms with E-state index in [0.29, 0.717) is 0 Å². The van der Waals surface area contributed by atoms with Gasteiger partial charge in [0.1, 0.15) is 12.2 Å². The summed E-state index contributed by atoms with van der Waals surface area (Å²) in [6.45, 7) is 5.48. The molecule has 0 spiro atoms. The highest BCUT2D eigenvalue weighted by Gasteiger charge is 2.40. The van der Waals surface area contributed by atoms with E-state index in [1.807, 2.05) is 6.08 Å². The fourth-order valence-corrected chi connectivity index (χ4v) is 3.06. The Labute approximate surface area is 147 Å². The van der Waals surface area contributed by atoms with Gasteiger partial charge in [-0.05, 0) is 39.0 Å². The van der Waals surface area contributed by atoms with Crippen molar-refractivity contribution in [1.82, 2.24) is 0 Å². The number of aliphatic hydroxyl groups excluding tert-OH is 1. The third-order valence-corrected chi connectivity index (χ3v) is 4.65. The standard InChI is InChI=1S/C21H34O3/c1-3-4-5-6-7-8-9-10-11-12-13-14-15-16-17-19-20(22)18(2)24-21(19)23/h3,18-20,22H,1,4-9,12-17H2,2H3/t18-,19-,20-/m1/s1. The minimum absolute atomic E-state index is 0.231. The molecular weight excluding hydrogens is 300 g/mol. The number of unbranched alkanes of at least 4 members (excludes halogenated alkanes) is 9. The zero-order chi connectivity index (χ0) is 17.6. The van der Waals surface area contributed by atoms with Crippen LogP contribution >= 0.6 is 0 Å². The highest BCUT2D eigenvalue weighted by molar-refractivity contribution is 5.75. The number of ether oxygens (including phenoxy) is 1. The van der Waals surface area contributed by atoms with Crippen molar-refractivity contribution in [3.63, 3.8) is 0 Å². The lowest BCUT2D eigenvalue weighted by molar-refractivity contribution is -0.143. The summed E-state index contributed by atoms with van der Waals surface area (Å²) in [6, 6.07) is 0. The van der Waals surface area contributed by atoms with Crippen LogP contribution in [-0.2, 0) is 9.53 Å². The minimum atomic E-state index is -0.625. The Balaban J connectivity index is 1.90. The number of cyclic esters (lactones) is 1. The Hall–Kier alpha value is -1.27. The van der Waals surface area contributed by atoms with Gasteiger partial charge in [-0.3, -0.25) is 4.79 Å². The van der Waals surface area contributed by atoms with Crippen LogP contribution in [0, 0.1) is 17.8 Å². The van der Waals surface area contributed by atoms with Gasteiger partial charge < -0.3 is 9.84 Å². The number of allylic oxidation sites excluding steroid dienone is 1. The molecule has 0 aromatic carbocycles. The summed E-state index contributed by atoms with van der Waals surface area (Å²) >= 11 is 0. The van der Waals surface area contributed by atoms with E-state index in [-0.39, 0.29) is 18.0 Å². The molecule has 0 bridgehead atoms. The van der Waals surface area contributed by atoms with Crippen LogP contribution in [0.1, 0.15) is 84.0 Å². The molecule has 1 aliphatic rings. The number of hydrogen-bond acceptors (Lipinski definition) is 3. The van der Waals surface area contributed by atoms with Gasteiger partial charge in [0.15, 0.2) is 0 Å². The first kappa shape index (κ1) is 20.8. The summed E-state index contributed by atoms with van der Waals surface area (Å²) in [5, 5.41) is 9.86. The normalized spacial score (nSPS) is 22.8. The van der Waals surface area contributed by atoms with Crippen molar-refractivity contribution in [2.24, 2.45) is 5.92 Å². The molecule has 0 aromatic heterocycles. The molecule has 0 aromatic rings. The van der Waals surface area contributed by atoms with Crippen LogP contribution in [0.2, 0.25) is 0 Å². The van der Waals surface area contributed by atoms with Gasteiger partial charge in [0, 0.05) is 12.8 Å². The largest absolute Gasteiger partial charge is 0.460 e. The third kappa shape index (κ3) is 8.55. The third-order valence-electron chi connectivity index (χ3n) is 4.65. The topological polar surface area (TPSA) is 46.5 Å². The zero-order valence-corrected chi connectivity index (χ0v) is 15.3. The van der Waals surface area contributed by atoms with Crippen molar-refractivity contribution >= 4 is 5.97 Å². The van der Waals surface area contributed by atoms with Gasteiger partial charge in [-0.1, -0.05) is 38.2 Å². The fraction of sp³-hybridized carbons (Fsp3) is 0.762. The van der Waals surface area contributed by atoms with E-state index in [4.69, 9.17) is 4.74 Å². The first-order valence-corrected chi connectivity index (χ1v) is 9.62. The van der Waals surface area contributed by atoms with E-state index in [2.05, 4.69) is 18.4 Å². The lowest BCUT2D eigenvalue weighted by Gasteiger charge is -2.11. The smallest absolute Gasteiger partial charge is 0.312 e. The van der Waals surface area contributed by atoms with Gasteiger partial charge in [0.05, 0.1) is 5.92 Å². The first-order chi connectivity index (χ1) is 11.7. The monoisotopic (exact) mass is 334 g/mol. The van der Waals surface area contributed by atoms with Crippen molar-refractivity contribution < 1.29 is 14.6 Å². The average molecular weight is 334 g/mol. The molecule has 1 aliphatic heterocycles. The van der Waals surface area contributed by atoms with Crippen LogP contribution < -0.4 is 0 Å². The summed E-state index contributed by atoms with van der Waals surface area (Å²) < 4.78 is 5.04. The first-order valence-electron chi connectivity index (χ1n) is 9.62. The Kier molecular flexibility index (Phi) is 11.3. The number of hydrogen-bond donors (Lipinski definition) is 1. The maximum Gasteiger partial charge on any atom is 0.312 e. The molecule has 1 N–H and O–H groups in total. The van der Waals surface area contributed by atoms with Crippen molar-refractivity contribution in [3.05, 3.63) is 12.7 Å². The summed E-state index contributed by atoms with van der Waals surface area (Å²) in [4.78, 5) is 11.6. The van der Waals surface area contributed by atoms with Crippen molar-refractivity contribution in [1.29, 1.82) is 0 Å². The number of aliphatic hydroxyl groups is 1. The molecule has 1 heterocycles. The van der Waals surface area contributed by atoms with Crippen molar-refractivity contribution in [3.8, 4) is 11.8 Å². The fourth-order valence-electron chi connectivity index (χ4n) is 3.06. The second kappa shape index (κ2) is 13.1. The maximum atomic E-state index is 11.6. The van der Waals surface area contributed by atoms with Crippen LogP contribution in [0.15, 0.2) is 12.7 Å². The highest BCUT2D eigenvalue weighted by Crippen LogP contribution is 2.26. The molecule has 1 rings (SSSR count). The molecule has 24 heavy (non-hydrogen) atoms. The molecule has 0 aliphatic carbocycles. The van der Waals surface area contributed by atoms with Gasteiger partial charge >= 0.3 is 5.97 Å². The molecule has 3 atom stereocenters. The van der Waals surface area contributed by atoms with Gasteiger partial charge in [-0.15, -0.1) is 18.4 Å².